The second-order valence-electron chi connectivity index (χ2n) is 5.46. The van der Waals surface area contributed by atoms with Crippen molar-refractivity contribution in [3.63, 3.8) is 0 Å². The number of carbonyl (C=O) groups is 2. The Labute approximate surface area is 127 Å². The Hall–Kier alpha value is -1.24. The third-order valence-corrected chi connectivity index (χ3v) is 8.74. The third kappa shape index (κ3) is 5.95. The summed E-state index contributed by atoms with van der Waals surface area (Å²) in [6.45, 7) is 6.04. The Balaban J connectivity index is 2.43. The van der Waals surface area contributed by atoms with E-state index in [1.54, 1.807) is 0 Å². The number of rotatable bonds is 5. The topological polar surface area (TPSA) is 77.3 Å². The van der Waals surface area contributed by atoms with Gasteiger partial charge in [-0.1, -0.05) is 37.4 Å². The van der Waals surface area contributed by atoms with Crippen LogP contribution in [0.5, 0.6) is 0 Å². The molecule has 0 radical (unpaired) electrons. The Morgan fingerprint density at radius 2 is 1.48 bits per heavy atom. The van der Waals surface area contributed by atoms with Crippen LogP contribution in [0.2, 0.25) is 18.1 Å². The van der Waals surface area contributed by atoms with Gasteiger partial charge in [0.15, 0.2) is 0 Å². The van der Waals surface area contributed by atoms with Crippen molar-refractivity contribution in [3.8, 4) is 0 Å². The summed E-state index contributed by atoms with van der Waals surface area (Å²) < 4.78 is 10.6. The first kappa shape index (κ1) is 17.8. The molecular formula is C14H26N2O4Si. The summed E-state index contributed by atoms with van der Waals surface area (Å²) in [5.41, 5.74) is 0. The fourth-order valence-corrected chi connectivity index (χ4v) is 4.95. The predicted molar refractivity (Wildman–Crippen MR) is 81.9 cm³/mol. The molecule has 0 aromatic carbocycles. The molecule has 0 aliphatic heterocycles. The van der Waals surface area contributed by atoms with E-state index >= 15 is 0 Å². The summed E-state index contributed by atoms with van der Waals surface area (Å²) in [5, 5.41) is 6.66. The van der Waals surface area contributed by atoms with E-state index in [1.807, 2.05) is 20.8 Å². The molecule has 0 bridgehead atoms. The summed E-state index contributed by atoms with van der Waals surface area (Å²) in [6, 6.07) is 2.52. The summed E-state index contributed by atoms with van der Waals surface area (Å²) in [6.07, 6.45) is 3.38. The van der Waals surface area contributed by atoms with Crippen molar-refractivity contribution in [2.75, 3.05) is 0 Å². The van der Waals surface area contributed by atoms with Crippen molar-refractivity contribution in [2.24, 2.45) is 10.2 Å². The number of ether oxygens (including phenoxy) is 1. The summed E-state index contributed by atoms with van der Waals surface area (Å²) >= 11 is 0. The van der Waals surface area contributed by atoms with Crippen LogP contribution < -0.4 is 0 Å². The highest BCUT2D eigenvalue weighted by Crippen LogP contribution is 2.23. The highest BCUT2D eigenvalue weighted by atomic mass is 28.4. The molecule has 1 aliphatic carbocycles. The molecule has 0 heterocycles. The van der Waals surface area contributed by atoms with Gasteiger partial charge in [0.05, 0.1) is 0 Å². The van der Waals surface area contributed by atoms with E-state index in [4.69, 9.17) is 9.16 Å². The van der Waals surface area contributed by atoms with E-state index in [9.17, 15) is 9.59 Å². The monoisotopic (exact) mass is 314 g/mol. The van der Waals surface area contributed by atoms with Crippen molar-refractivity contribution in [1.82, 2.24) is 0 Å². The van der Waals surface area contributed by atoms with Crippen LogP contribution in [0, 0.1) is 0 Å². The molecule has 0 aromatic heterocycles. The Morgan fingerprint density at radius 3 is 2.00 bits per heavy atom. The largest absolute Gasteiger partial charge is 0.501 e. The van der Waals surface area contributed by atoms with Gasteiger partial charge in [-0.15, -0.1) is 0 Å². The lowest BCUT2D eigenvalue weighted by Crippen LogP contribution is -2.37. The molecule has 0 unspecified atom stereocenters. The van der Waals surface area contributed by atoms with Gasteiger partial charge in [0.1, 0.15) is 6.10 Å². The summed E-state index contributed by atoms with van der Waals surface area (Å²) in [7, 11) is -2.05. The summed E-state index contributed by atoms with van der Waals surface area (Å²) in [4.78, 5) is 23.2. The lowest BCUT2D eigenvalue weighted by molar-refractivity contribution is 0.0816. The average molecular weight is 314 g/mol. The van der Waals surface area contributed by atoms with Crippen LogP contribution in [0.1, 0.15) is 52.9 Å². The predicted octanol–water partition coefficient (Wildman–Crippen LogP) is 5.05. The van der Waals surface area contributed by atoms with Crippen LogP contribution in [0.3, 0.4) is 0 Å². The van der Waals surface area contributed by atoms with Crippen LogP contribution in [-0.4, -0.2) is 26.6 Å². The number of carbonyl (C=O) groups excluding carboxylic acids is 2. The minimum absolute atomic E-state index is 0.0865. The standard InChI is InChI=1S/C14H26N2O4Si/c1-4-21(5-2,6-3)20-14(18)16-15-13(17)19-12-10-8-7-9-11-12/h12H,4-11H2,1-3H3. The molecule has 6 nitrogen and oxygen atoms in total. The van der Waals surface area contributed by atoms with E-state index in [1.165, 1.54) is 6.42 Å². The van der Waals surface area contributed by atoms with Crippen LogP contribution in [-0.2, 0) is 9.16 Å². The molecule has 1 saturated carbocycles. The quantitative estimate of drug-likeness (QED) is 0.525. The normalized spacial score (nSPS) is 16.9. The zero-order chi connectivity index (χ0) is 15.7. The SMILES string of the molecule is CC[Si](CC)(CC)OC(=O)N=NC(=O)OC1CCCCC1. The van der Waals surface area contributed by atoms with Gasteiger partial charge < -0.3 is 9.16 Å². The van der Waals surface area contributed by atoms with Gasteiger partial charge in [-0.25, -0.2) is 9.59 Å². The lowest BCUT2D eigenvalue weighted by Gasteiger charge is -2.25. The first-order valence-electron chi connectivity index (χ1n) is 7.90. The minimum atomic E-state index is -2.05. The number of nitrogens with zero attached hydrogens (tertiary/aromatic N) is 2. The molecule has 7 heteroatoms. The van der Waals surface area contributed by atoms with E-state index in [2.05, 4.69) is 10.2 Å². The average Bonchev–Trinajstić information content (AvgIpc) is 2.52. The molecule has 0 N–H and O–H groups in total. The molecule has 21 heavy (non-hydrogen) atoms. The number of amides is 2. The second kappa shape index (κ2) is 8.91. The van der Waals surface area contributed by atoms with E-state index in [-0.39, 0.29) is 6.10 Å². The maximum Gasteiger partial charge on any atom is 0.452 e. The molecule has 1 fully saturated rings. The number of azo groups is 1. The Morgan fingerprint density at radius 1 is 0.952 bits per heavy atom. The molecule has 1 rings (SSSR count). The third-order valence-electron chi connectivity index (χ3n) is 4.27. The molecule has 0 spiro atoms. The van der Waals surface area contributed by atoms with Gasteiger partial charge in [0, 0.05) is 0 Å². The van der Waals surface area contributed by atoms with Gasteiger partial charge in [0.2, 0.25) is 0 Å². The van der Waals surface area contributed by atoms with Crippen LogP contribution >= 0.6 is 0 Å². The van der Waals surface area contributed by atoms with Gasteiger partial charge in [-0.2, -0.15) is 0 Å². The van der Waals surface area contributed by atoms with E-state index in [0.717, 1.165) is 43.8 Å². The molecule has 0 saturated heterocycles. The zero-order valence-corrected chi connectivity index (χ0v) is 14.3. The van der Waals surface area contributed by atoms with Crippen LogP contribution in [0.15, 0.2) is 10.2 Å². The Bertz CT molecular complexity index is 369. The highest BCUT2D eigenvalue weighted by molar-refractivity contribution is 6.74. The van der Waals surface area contributed by atoms with Gasteiger partial charge in [-0.3, -0.25) is 0 Å². The maximum atomic E-state index is 11.7. The van der Waals surface area contributed by atoms with Crippen molar-refractivity contribution in [3.05, 3.63) is 0 Å². The minimum Gasteiger partial charge on any atom is -0.501 e. The van der Waals surface area contributed by atoms with E-state index < -0.39 is 20.5 Å². The van der Waals surface area contributed by atoms with Crippen molar-refractivity contribution < 1.29 is 18.8 Å². The molecule has 0 aromatic rings. The molecule has 0 atom stereocenters. The van der Waals surface area contributed by atoms with Crippen LogP contribution in [0.25, 0.3) is 0 Å². The number of hydrogen-bond acceptors (Lipinski definition) is 4. The van der Waals surface area contributed by atoms with E-state index in [0.29, 0.717) is 0 Å². The molecule has 120 valence electrons. The van der Waals surface area contributed by atoms with Gasteiger partial charge >= 0.3 is 12.2 Å². The zero-order valence-electron chi connectivity index (χ0n) is 13.3. The summed E-state index contributed by atoms with van der Waals surface area (Å²) in [5.74, 6) is 0. The first-order chi connectivity index (χ1) is 10.0. The molecule has 2 amide bonds. The van der Waals surface area contributed by atoms with Gasteiger partial charge in [0.25, 0.3) is 8.32 Å². The number of hydrogen-bond donors (Lipinski definition) is 0. The van der Waals surface area contributed by atoms with Crippen molar-refractivity contribution in [2.45, 2.75) is 77.1 Å². The molecular weight excluding hydrogens is 288 g/mol. The lowest BCUT2D eigenvalue weighted by atomic mass is 9.98. The molecule has 1 aliphatic rings. The fourth-order valence-electron chi connectivity index (χ4n) is 2.60. The van der Waals surface area contributed by atoms with Crippen molar-refractivity contribution in [1.29, 1.82) is 0 Å². The van der Waals surface area contributed by atoms with Crippen molar-refractivity contribution >= 4 is 20.5 Å². The highest BCUT2D eigenvalue weighted by Gasteiger charge is 2.33. The fraction of sp³-hybridized carbons (Fsp3) is 0.857. The maximum absolute atomic E-state index is 11.7. The van der Waals surface area contributed by atoms with Gasteiger partial charge in [-0.05, 0) is 43.8 Å². The first-order valence-corrected chi connectivity index (χ1v) is 10.4. The second-order valence-corrected chi connectivity index (χ2v) is 10.1. The smallest absolute Gasteiger partial charge is 0.452 e. The Kier molecular flexibility index (Phi) is 7.56. The van der Waals surface area contributed by atoms with Crippen LogP contribution in [0.4, 0.5) is 9.59 Å².